The van der Waals surface area contributed by atoms with Crippen molar-refractivity contribution in [2.45, 2.75) is 18.9 Å². The number of rotatable bonds is 5. The summed E-state index contributed by atoms with van der Waals surface area (Å²) in [7, 11) is 0. The van der Waals surface area contributed by atoms with E-state index in [2.05, 4.69) is 21.3 Å². The van der Waals surface area contributed by atoms with E-state index in [0.717, 1.165) is 18.8 Å². The van der Waals surface area contributed by atoms with Crippen LogP contribution in [0.1, 0.15) is 30.2 Å². The Morgan fingerprint density at radius 2 is 2.19 bits per heavy atom. The van der Waals surface area contributed by atoms with Crippen LogP contribution in [-0.2, 0) is 0 Å². The van der Waals surface area contributed by atoms with Crippen molar-refractivity contribution in [1.82, 2.24) is 9.88 Å². The second-order valence-corrected chi connectivity index (χ2v) is 5.17. The van der Waals surface area contributed by atoms with Gasteiger partial charge in [-0.15, -0.1) is 0 Å². The number of nitrogens with one attached hydrogen (secondary N) is 1. The number of aromatic nitrogens is 1. The summed E-state index contributed by atoms with van der Waals surface area (Å²) in [6.07, 6.45) is 5.86. The van der Waals surface area contributed by atoms with Crippen molar-refractivity contribution < 1.29 is 4.42 Å². The van der Waals surface area contributed by atoms with Gasteiger partial charge in [0, 0.05) is 12.7 Å². The van der Waals surface area contributed by atoms with Crippen molar-refractivity contribution in [2.24, 2.45) is 0 Å². The zero-order valence-electron chi connectivity index (χ0n) is 11.8. The number of nitriles is 1. The standard InChI is InChI=1S/C16H18N4O/c17-11-13-5-3-7-18-16(13)19-12-14(15-6-4-10-21-15)20-8-1-2-9-20/h3-7,10,14H,1-2,8-9,12H2,(H,18,19). The Labute approximate surface area is 124 Å². The van der Waals surface area contributed by atoms with Gasteiger partial charge < -0.3 is 9.73 Å². The van der Waals surface area contributed by atoms with Crippen LogP contribution < -0.4 is 5.32 Å². The molecule has 5 heteroatoms. The minimum atomic E-state index is 0.177. The maximum atomic E-state index is 9.12. The van der Waals surface area contributed by atoms with Gasteiger partial charge in [-0.05, 0) is 50.2 Å². The van der Waals surface area contributed by atoms with E-state index in [4.69, 9.17) is 9.68 Å². The summed E-state index contributed by atoms with van der Waals surface area (Å²) in [6, 6.07) is 9.81. The molecule has 1 fully saturated rings. The summed E-state index contributed by atoms with van der Waals surface area (Å²) < 4.78 is 5.59. The first-order chi connectivity index (χ1) is 10.4. The third-order valence-corrected chi connectivity index (χ3v) is 3.84. The van der Waals surface area contributed by atoms with Crippen molar-refractivity contribution in [2.75, 3.05) is 25.0 Å². The van der Waals surface area contributed by atoms with Crippen LogP contribution in [0, 0.1) is 11.3 Å². The smallest absolute Gasteiger partial charge is 0.143 e. The lowest BCUT2D eigenvalue weighted by Gasteiger charge is -2.26. The molecule has 1 aliphatic heterocycles. The fourth-order valence-corrected chi connectivity index (χ4v) is 2.77. The van der Waals surface area contributed by atoms with Gasteiger partial charge in [0.15, 0.2) is 0 Å². The van der Waals surface area contributed by atoms with E-state index < -0.39 is 0 Å². The van der Waals surface area contributed by atoms with Gasteiger partial charge in [-0.2, -0.15) is 5.26 Å². The number of likely N-dealkylation sites (tertiary alicyclic amines) is 1. The molecule has 108 valence electrons. The zero-order valence-corrected chi connectivity index (χ0v) is 11.8. The quantitative estimate of drug-likeness (QED) is 0.913. The molecule has 0 spiro atoms. The third-order valence-electron chi connectivity index (χ3n) is 3.84. The molecule has 0 bridgehead atoms. The highest BCUT2D eigenvalue weighted by molar-refractivity contribution is 5.51. The average Bonchev–Trinajstić information content (AvgIpc) is 3.22. The van der Waals surface area contributed by atoms with E-state index in [-0.39, 0.29) is 6.04 Å². The second kappa shape index (κ2) is 6.42. The van der Waals surface area contributed by atoms with Gasteiger partial charge in [0.2, 0.25) is 0 Å². The molecule has 5 nitrogen and oxygen atoms in total. The van der Waals surface area contributed by atoms with Crippen LogP contribution in [0.4, 0.5) is 5.82 Å². The Balaban J connectivity index is 1.74. The Hall–Kier alpha value is -2.32. The number of nitrogens with zero attached hydrogens (tertiary/aromatic N) is 3. The summed E-state index contributed by atoms with van der Waals surface area (Å²) in [5.41, 5.74) is 0.567. The molecule has 1 N–H and O–H groups in total. The Morgan fingerprint density at radius 3 is 2.90 bits per heavy atom. The summed E-state index contributed by atoms with van der Waals surface area (Å²) in [6.45, 7) is 2.85. The maximum absolute atomic E-state index is 9.12. The van der Waals surface area contributed by atoms with Gasteiger partial charge in [-0.3, -0.25) is 4.90 Å². The van der Waals surface area contributed by atoms with E-state index in [1.165, 1.54) is 12.8 Å². The van der Waals surface area contributed by atoms with E-state index in [0.29, 0.717) is 17.9 Å². The molecule has 2 aromatic heterocycles. The predicted molar refractivity (Wildman–Crippen MR) is 79.7 cm³/mol. The van der Waals surface area contributed by atoms with Gasteiger partial charge in [-0.25, -0.2) is 4.98 Å². The number of hydrogen-bond acceptors (Lipinski definition) is 5. The number of pyridine rings is 1. The van der Waals surface area contributed by atoms with Crippen molar-refractivity contribution in [3.63, 3.8) is 0 Å². The highest BCUT2D eigenvalue weighted by Gasteiger charge is 2.25. The van der Waals surface area contributed by atoms with Gasteiger partial charge in [0.05, 0.1) is 17.9 Å². The monoisotopic (exact) mass is 282 g/mol. The van der Waals surface area contributed by atoms with Crippen LogP contribution in [-0.4, -0.2) is 29.5 Å². The second-order valence-electron chi connectivity index (χ2n) is 5.17. The van der Waals surface area contributed by atoms with Crippen molar-refractivity contribution in [3.05, 3.63) is 48.0 Å². The minimum Gasteiger partial charge on any atom is -0.468 e. The summed E-state index contributed by atoms with van der Waals surface area (Å²) in [5, 5.41) is 12.4. The van der Waals surface area contributed by atoms with Crippen molar-refractivity contribution >= 4 is 5.82 Å². The summed E-state index contributed by atoms with van der Waals surface area (Å²) >= 11 is 0. The molecule has 0 amide bonds. The first-order valence-electron chi connectivity index (χ1n) is 7.25. The zero-order chi connectivity index (χ0) is 14.5. The molecule has 21 heavy (non-hydrogen) atoms. The van der Waals surface area contributed by atoms with Gasteiger partial charge >= 0.3 is 0 Å². The van der Waals surface area contributed by atoms with Crippen LogP contribution >= 0.6 is 0 Å². The Morgan fingerprint density at radius 1 is 1.33 bits per heavy atom. The predicted octanol–water partition coefficient (Wildman–Crippen LogP) is 2.80. The Kier molecular flexibility index (Phi) is 4.17. The van der Waals surface area contributed by atoms with E-state index in [1.54, 1.807) is 24.6 Å². The topological polar surface area (TPSA) is 65.1 Å². The van der Waals surface area contributed by atoms with Crippen LogP contribution in [0.5, 0.6) is 0 Å². The maximum Gasteiger partial charge on any atom is 0.143 e. The highest BCUT2D eigenvalue weighted by Crippen LogP contribution is 2.26. The highest BCUT2D eigenvalue weighted by atomic mass is 16.3. The third kappa shape index (κ3) is 3.06. The lowest BCUT2D eigenvalue weighted by atomic mass is 10.2. The minimum absolute atomic E-state index is 0.177. The van der Waals surface area contributed by atoms with Crippen LogP contribution in [0.25, 0.3) is 0 Å². The summed E-state index contributed by atoms with van der Waals surface area (Å²) in [5.74, 6) is 1.59. The van der Waals surface area contributed by atoms with Gasteiger partial charge in [0.25, 0.3) is 0 Å². The average molecular weight is 282 g/mol. The molecule has 3 heterocycles. The molecular formula is C16H18N4O. The summed E-state index contributed by atoms with van der Waals surface area (Å²) in [4.78, 5) is 6.66. The number of furan rings is 1. The van der Waals surface area contributed by atoms with Crippen molar-refractivity contribution in [1.29, 1.82) is 5.26 Å². The molecular weight excluding hydrogens is 264 g/mol. The number of hydrogen-bond donors (Lipinski definition) is 1. The molecule has 0 radical (unpaired) electrons. The number of anilines is 1. The van der Waals surface area contributed by atoms with Crippen LogP contribution in [0.3, 0.4) is 0 Å². The molecule has 0 aromatic carbocycles. The SMILES string of the molecule is N#Cc1cccnc1NCC(c1ccco1)N1CCCC1. The van der Waals surface area contributed by atoms with Gasteiger partial charge in [-0.1, -0.05) is 0 Å². The van der Waals surface area contributed by atoms with Crippen molar-refractivity contribution in [3.8, 4) is 6.07 Å². The van der Waals surface area contributed by atoms with E-state index >= 15 is 0 Å². The molecule has 3 rings (SSSR count). The van der Waals surface area contributed by atoms with Gasteiger partial charge in [0.1, 0.15) is 17.6 Å². The van der Waals surface area contributed by atoms with Crippen LogP contribution in [0.15, 0.2) is 41.1 Å². The normalized spacial score (nSPS) is 16.5. The van der Waals surface area contributed by atoms with Crippen LogP contribution in [0.2, 0.25) is 0 Å². The molecule has 0 aliphatic carbocycles. The fraction of sp³-hybridized carbons (Fsp3) is 0.375. The Bertz CT molecular complexity index is 611. The molecule has 1 atom stereocenters. The molecule has 2 aromatic rings. The molecule has 0 saturated carbocycles. The fourth-order valence-electron chi connectivity index (χ4n) is 2.77. The van der Waals surface area contributed by atoms with E-state index in [1.807, 2.05) is 12.1 Å². The molecule has 1 unspecified atom stereocenters. The first kappa shape index (κ1) is 13.7. The lowest BCUT2D eigenvalue weighted by Crippen LogP contribution is -2.31. The largest absolute Gasteiger partial charge is 0.468 e. The molecule has 1 aliphatic rings. The lowest BCUT2D eigenvalue weighted by molar-refractivity contribution is 0.225. The molecule has 1 saturated heterocycles. The first-order valence-corrected chi connectivity index (χ1v) is 7.25. The van der Waals surface area contributed by atoms with E-state index in [9.17, 15) is 0 Å².